The summed E-state index contributed by atoms with van der Waals surface area (Å²) in [5.41, 5.74) is 4.90. The molecule has 0 rings (SSSR count). The number of carbonyl (C=O) groups excluding carboxylic acids is 2. The lowest BCUT2D eigenvalue weighted by Crippen LogP contribution is -2.06. The molecule has 1 unspecified atom stereocenters. The van der Waals surface area contributed by atoms with E-state index in [2.05, 4.69) is 4.99 Å². The molecule has 0 spiro atoms. The number of amides is 2. The van der Waals surface area contributed by atoms with Crippen molar-refractivity contribution in [2.75, 3.05) is 0 Å². The molecule has 4 heteroatoms. The van der Waals surface area contributed by atoms with E-state index in [0.717, 1.165) is 0 Å². The molecule has 2 N–H and O–H groups in total. The van der Waals surface area contributed by atoms with E-state index in [4.69, 9.17) is 5.73 Å². The Labute approximate surface area is 83.2 Å². The fourth-order valence-corrected chi connectivity index (χ4v) is 0.715. The van der Waals surface area contributed by atoms with Crippen molar-refractivity contribution in [3.8, 4) is 0 Å². The van der Waals surface area contributed by atoms with E-state index in [1.165, 1.54) is 18.4 Å². The van der Waals surface area contributed by atoms with Gasteiger partial charge >= 0.3 is 0 Å². The summed E-state index contributed by atoms with van der Waals surface area (Å²) in [6, 6.07) is 0. The van der Waals surface area contributed by atoms with Gasteiger partial charge in [-0.1, -0.05) is 19.1 Å². The molecule has 0 aliphatic carbocycles. The maximum absolute atomic E-state index is 10.9. The molecule has 4 nitrogen and oxygen atoms in total. The number of nitrogens with two attached hydrogens (primary N) is 1. The van der Waals surface area contributed by atoms with Crippen LogP contribution in [-0.2, 0) is 9.59 Å². The van der Waals surface area contributed by atoms with Gasteiger partial charge in [0.2, 0.25) is 5.91 Å². The van der Waals surface area contributed by atoms with E-state index >= 15 is 0 Å². The maximum atomic E-state index is 10.9. The molecule has 0 saturated carbocycles. The van der Waals surface area contributed by atoms with Crippen LogP contribution < -0.4 is 5.73 Å². The van der Waals surface area contributed by atoms with Crippen molar-refractivity contribution in [2.24, 2.45) is 16.6 Å². The number of carbonyl (C=O) groups is 2. The summed E-state index contributed by atoms with van der Waals surface area (Å²) < 4.78 is 0. The first-order chi connectivity index (χ1) is 6.56. The Kier molecular flexibility index (Phi) is 5.94. The minimum absolute atomic E-state index is 0.0153. The molecule has 0 bridgehead atoms. The quantitative estimate of drug-likeness (QED) is 0.532. The second kappa shape index (κ2) is 6.77. The Hall–Kier alpha value is -1.71. The van der Waals surface area contributed by atoms with Crippen LogP contribution in [0.1, 0.15) is 13.8 Å². The van der Waals surface area contributed by atoms with Crippen LogP contribution in [0.2, 0.25) is 0 Å². The van der Waals surface area contributed by atoms with Crippen LogP contribution in [0.25, 0.3) is 0 Å². The number of hydrogen-bond donors (Lipinski definition) is 1. The Morgan fingerprint density at radius 2 is 1.86 bits per heavy atom. The lowest BCUT2D eigenvalue weighted by molar-refractivity contribution is -0.114. The normalized spacial score (nSPS) is 14.1. The van der Waals surface area contributed by atoms with Crippen LogP contribution in [0.15, 0.2) is 29.3 Å². The standard InChI is InChI=1S/C10H14N2O2/c1-3-12-10(14)7-5-8(2)4-6-9(11)13/h3-8H,1-2H3,(H2,11,13). The highest BCUT2D eigenvalue weighted by molar-refractivity contribution is 5.93. The molecule has 14 heavy (non-hydrogen) atoms. The molecule has 2 amide bonds. The summed E-state index contributed by atoms with van der Waals surface area (Å²) in [7, 11) is 0. The largest absolute Gasteiger partial charge is 0.366 e. The van der Waals surface area contributed by atoms with Crippen LogP contribution in [0.4, 0.5) is 0 Å². The minimum Gasteiger partial charge on any atom is -0.366 e. The third-order valence-electron chi connectivity index (χ3n) is 1.36. The molecular formula is C10H14N2O2. The molecule has 0 fully saturated rings. The lowest BCUT2D eigenvalue weighted by Gasteiger charge is -1.94. The summed E-state index contributed by atoms with van der Waals surface area (Å²) in [6.07, 6.45) is 7.31. The molecule has 0 aliphatic rings. The first kappa shape index (κ1) is 12.3. The first-order valence-corrected chi connectivity index (χ1v) is 4.24. The number of primary amides is 1. The zero-order chi connectivity index (χ0) is 11.0. The van der Waals surface area contributed by atoms with Gasteiger partial charge in [0.05, 0.1) is 0 Å². The van der Waals surface area contributed by atoms with Gasteiger partial charge in [0.1, 0.15) is 0 Å². The topological polar surface area (TPSA) is 72.5 Å². The van der Waals surface area contributed by atoms with Gasteiger partial charge in [-0.25, -0.2) is 4.99 Å². The number of hydrogen-bond acceptors (Lipinski definition) is 2. The molecule has 0 aromatic rings. The Morgan fingerprint density at radius 3 is 2.36 bits per heavy atom. The van der Waals surface area contributed by atoms with E-state index in [1.54, 1.807) is 19.1 Å². The molecule has 0 aromatic carbocycles. The monoisotopic (exact) mass is 194 g/mol. The summed E-state index contributed by atoms with van der Waals surface area (Å²) in [5, 5.41) is 0. The third-order valence-corrected chi connectivity index (χ3v) is 1.36. The Morgan fingerprint density at radius 1 is 1.29 bits per heavy atom. The zero-order valence-electron chi connectivity index (χ0n) is 8.31. The van der Waals surface area contributed by atoms with Gasteiger partial charge in [-0.3, -0.25) is 9.59 Å². The zero-order valence-corrected chi connectivity index (χ0v) is 8.31. The highest BCUT2D eigenvalue weighted by Crippen LogP contribution is 1.99. The maximum Gasteiger partial charge on any atom is 0.269 e. The molecular weight excluding hydrogens is 180 g/mol. The van der Waals surface area contributed by atoms with Gasteiger partial charge in [-0.05, 0) is 18.9 Å². The number of nitrogens with zero attached hydrogens (tertiary/aromatic N) is 1. The number of rotatable bonds is 4. The van der Waals surface area contributed by atoms with Gasteiger partial charge in [-0.15, -0.1) is 0 Å². The molecule has 0 heterocycles. The Balaban J connectivity index is 4.11. The van der Waals surface area contributed by atoms with Crippen molar-refractivity contribution in [3.63, 3.8) is 0 Å². The smallest absolute Gasteiger partial charge is 0.269 e. The van der Waals surface area contributed by atoms with Crippen molar-refractivity contribution in [1.82, 2.24) is 0 Å². The average Bonchev–Trinajstić information content (AvgIpc) is 2.12. The van der Waals surface area contributed by atoms with Crippen molar-refractivity contribution in [2.45, 2.75) is 13.8 Å². The van der Waals surface area contributed by atoms with Gasteiger partial charge in [0.25, 0.3) is 5.91 Å². The first-order valence-electron chi connectivity index (χ1n) is 4.24. The summed E-state index contributed by atoms with van der Waals surface area (Å²) in [4.78, 5) is 24.8. The summed E-state index contributed by atoms with van der Waals surface area (Å²) in [6.45, 7) is 3.50. The van der Waals surface area contributed by atoms with Crippen LogP contribution >= 0.6 is 0 Å². The van der Waals surface area contributed by atoms with Gasteiger partial charge in [0.15, 0.2) is 0 Å². The van der Waals surface area contributed by atoms with E-state index in [-0.39, 0.29) is 11.8 Å². The predicted octanol–water partition coefficient (Wildman–Crippen LogP) is 0.837. The van der Waals surface area contributed by atoms with Gasteiger partial charge in [0, 0.05) is 12.3 Å². The summed E-state index contributed by atoms with van der Waals surface area (Å²) >= 11 is 0. The van der Waals surface area contributed by atoms with Crippen molar-refractivity contribution in [1.29, 1.82) is 0 Å². The second-order valence-electron chi connectivity index (χ2n) is 2.71. The lowest BCUT2D eigenvalue weighted by atomic mass is 10.1. The van der Waals surface area contributed by atoms with Crippen molar-refractivity contribution in [3.05, 3.63) is 24.3 Å². The summed E-state index contributed by atoms with van der Waals surface area (Å²) in [5.74, 6) is -0.825. The van der Waals surface area contributed by atoms with Crippen molar-refractivity contribution < 1.29 is 9.59 Å². The highest BCUT2D eigenvalue weighted by Gasteiger charge is 1.93. The van der Waals surface area contributed by atoms with Gasteiger partial charge < -0.3 is 5.73 Å². The fourth-order valence-electron chi connectivity index (χ4n) is 0.715. The van der Waals surface area contributed by atoms with E-state index < -0.39 is 5.91 Å². The average molecular weight is 194 g/mol. The second-order valence-corrected chi connectivity index (χ2v) is 2.71. The van der Waals surface area contributed by atoms with E-state index in [0.29, 0.717) is 0 Å². The van der Waals surface area contributed by atoms with Crippen LogP contribution in [-0.4, -0.2) is 18.0 Å². The molecule has 0 saturated heterocycles. The highest BCUT2D eigenvalue weighted by atomic mass is 16.1. The van der Waals surface area contributed by atoms with Crippen LogP contribution in [0, 0.1) is 5.92 Å². The SMILES string of the molecule is CC=NC(=O)C=CC(C)C=CC(N)=O. The van der Waals surface area contributed by atoms with Crippen molar-refractivity contribution >= 4 is 18.0 Å². The van der Waals surface area contributed by atoms with Gasteiger partial charge in [-0.2, -0.15) is 0 Å². The van der Waals surface area contributed by atoms with E-state index in [1.807, 2.05) is 6.92 Å². The molecule has 0 radical (unpaired) electrons. The fraction of sp³-hybridized carbons (Fsp3) is 0.300. The predicted molar refractivity (Wildman–Crippen MR) is 55.8 cm³/mol. The molecule has 76 valence electrons. The molecule has 1 atom stereocenters. The minimum atomic E-state index is -0.497. The molecule has 0 aromatic heterocycles. The van der Waals surface area contributed by atoms with Crippen LogP contribution in [0.5, 0.6) is 0 Å². The third kappa shape index (κ3) is 6.97. The number of aliphatic imine (C=N–C) groups is 1. The van der Waals surface area contributed by atoms with E-state index in [9.17, 15) is 9.59 Å². The number of allylic oxidation sites excluding steroid dienone is 2. The van der Waals surface area contributed by atoms with Crippen LogP contribution in [0.3, 0.4) is 0 Å². The Bertz CT molecular complexity index is 290. The molecule has 0 aliphatic heterocycles.